The van der Waals surface area contributed by atoms with E-state index in [0.29, 0.717) is 0 Å². The van der Waals surface area contributed by atoms with E-state index in [1.54, 1.807) is 37.6 Å². The number of nitriles is 3. The van der Waals surface area contributed by atoms with Crippen molar-refractivity contribution in [1.82, 2.24) is 28.7 Å². The summed E-state index contributed by atoms with van der Waals surface area (Å²) in [4.78, 5) is 43.8. The Hall–Kier alpha value is -8.61. The normalized spacial score (nSPS) is 11.4. The van der Waals surface area contributed by atoms with Crippen molar-refractivity contribution in [2.45, 2.75) is 38.5 Å². The van der Waals surface area contributed by atoms with Crippen LogP contribution in [0.4, 0.5) is 0 Å². The van der Waals surface area contributed by atoms with Gasteiger partial charge in [-0.3, -0.25) is 0 Å². The standard InChI is InChI=1S/3C12H11N3.C9H6O6/c3*1-10(8-13)11-4-2-3-5-12(11)15-7-6-14-9-15;10-7(11)4-1-2-5(8(12)13)6(3-4)9(14)15/h3*2-7,9-10H,1H3;1-3H,(H,10,11)(H,12,13)(H,14,15). The van der Waals surface area contributed by atoms with Crippen molar-refractivity contribution in [2.24, 2.45) is 0 Å². The molecule has 60 heavy (non-hydrogen) atoms. The number of para-hydroxylation sites is 3. The second kappa shape index (κ2) is 21.6. The van der Waals surface area contributed by atoms with Crippen LogP contribution >= 0.6 is 0 Å². The second-order valence-electron chi connectivity index (χ2n) is 12.8. The lowest BCUT2D eigenvalue weighted by molar-refractivity contribution is 0.0649. The highest BCUT2D eigenvalue weighted by molar-refractivity contribution is 6.03. The van der Waals surface area contributed by atoms with E-state index < -0.39 is 29.0 Å². The maximum absolute atomic E-state index is 10.6. The topological polar surface area (TPSA) is 237 Å². The quantitative estimate of drug-likeness (QED) is 0.125. The monoisotopic (exact) mass is 801 g/mol. The number of nitrogens with zero attached hydrogens (tertiary/aromatic N) is 9. The molecule has 3 heterocycles. The van der Waals surface area contributed by atoms with Gasteiger partial charge in [-0.2, -0.15) is 15.8 Å². The van der Waals surface area contributed by atoms with Crippen molar-refractivity contribution < 1.29 is 29.7 Å². The fraction of sp³-hybridized carbons (Fsp3) is 0.133. The van der Waals surface area contributed by atoms with Gasteiger partial charge >= 0.3 is 17.9 Å². The highest BCUT2D eigenvalue weighted by Gasteiger charge is 2.18. The van der Waals surface area contributed by atoms with E-state index in [1.807, 2.05) is 126 Å². The summed E-state index contributed by atoms with van der Waals surface area (Å²) in [6.45, 7) is 5.70. The zero-order valence-corrected chi connectivity index (χ0v) is 32.7. The average Bonchev–Trinajstić information content (AvgIpc) is 4.12. The molecule has 0 saturated carbocycles. The smallest absolute Gasteiger partial charge is 0.336 e. The molecule has 4 aromatic carbocycles. The fourth-order valence-corrected chi connectivity index (χ4v) is 5.72. The largest absolute Gasteiger partial charge is 0.478 e. The zero-order chi connectivity index (χ0) is 43.6. The summed E-state index contributed by atoms with van der Waals surface area (Å²) in [5, 5.41) is 52.7. The number of carbonyl (C=O) groups is 3. The van der Waals surface area contributed by atoms with Crippen LogP contribution in [0.2, 0.25) is 0 Å². The highest BCUT2D eigenvalue weighted by Crippen LogP contribution is 2.24. The maximum atomic E-state index is 10.6. The third-order valence-corrected chi connectivity index (χ3v) is 8.87. The summed E-state index contributed by atoms with van der Waals surface area (Å²) in [6.07, 6.45) is 16.0. The molecule has 0 aliphatic heterocycles. The number of aromatic carboxylic acids is 3. The van der Waals surface area contributed by atoms with Crippen molar-refractivity contribution in [3.8, 4) is 35.3 Å². The van der Waals surface area contributed by atoms with Gasteiger partial charge in [0.1, 0.15) is 0 Å². The molecule has 0 amide bonds. The number of rotatable bonds is 9. The van der Waals surface area contributed by atoms with Gasteiger partial charge in [0.05, 0.1) is 88.7 Å². The predicted octanol–water partition coefficient (Wildman–Crippen LogP) is 8.28. The van der Waals surface area contributed by atoms with E-state index in [4.69, 9.17) is 31.1 Å². The van der Waals surface area contributed by atoms with Crippen molar-refractivity contribution in [3.63, 3.8) is 0 Å². The summed E-state index contributed by atoms with van der Waals surface area (Å²) in [7, 11) is 0. The minimum Gasteiger partial charge on any atom is -0.478 e. The lowest BCUT2D eigenvalue weighted by atomic mass is 10.0. The van der Waals surface area contributed by atoms with E-state index in [1.165, 1.54) is 0 Å². The first-order chi connectivity index (χ1) is 28.9. The summed E-state index contributed by atoms with van der Waals surface area (Å²) in [6, 6.07) is 33.2. The van der Waals surface area contributed by atoms with Gasteiger partial charge in [-0.15, -0.1) is 0 Å². The van der Waals surface area contributed by atoms with Crippen LogP contribution in [0.5, 0.6) is 0 Å². The van der Waals surface area contributed by atoms with Gasteiger partial charge in [0, 0.05) is 37.2 Å². The molecule has 7 aromatic rings. The molecule has 0 aliphatic carbocycles. The first kappa shape index (κ1) is 44.1. The van der Waals surface area contributed by atoms with Gasteiger partial charge in [0.15, 0.2) is 0 Å². The molecule has 0 spiro atoms. The van der Waals surface area contributed by atoms with Gasteiger partial charge in [0.25, 0.3) is 0 Å². The number of hydrogen-bond donors (Lipinski definition) is 3. The number of benzene rings is 4. The number of carboxylic acids is 3. The van der Waals surface area contributed by atoms with Gasteiger partial charge < -0.3 is 29.0 Å². The molecule has 7 rings (SSSR count). The minimum absolute atomic E-state index is 0.108. The Bertz CT molecular complexity index is 2410. The van der Waals surface area contributed by atoms with Gasteiger partial charge in [0.2, 0.25) is 0 Å². The van der Waals surface area contributed by atoms with Crippen LogP contribution in [0, 0.1) is 34.0 Å². The fourth-order valence-electron chi connectivity index (χ4n) is 5.72. The number of aromatic nitrogens is 6. The lowest BCUT2D eigenvalue weighted by Gasteiger charge is -2.10. The van der Waals surface area contributed by atoms with E-state index >= 15 is 0 Å². The van der Waals surface area contributed by atoms with E-state index in [9.17, 15) is 14.4 Å². The van der Waals surface area contributed by atoms with Crippen LogP contribution in [0.3, 0.4) is 0 Å². The summed E-state index contributed by atoms with van der Waals surface area (Å²) in [5.74, 6) is -4.52. The van der Waals surface area contributed by atoms with Crippen molar-refractivity contribution >= 4 is 17.9 Å². The number of imidazole rings is 3. The molecule has 3 unspecified atom stereocenters. The van der Waals surface area contributed by atoms with Crippen LogP contribution in [0.25, 0.3) is 17.1 Å². The van der Waals surface area contributed by atoms with Gasteiger partial charge in [-0.25, -0.2) is 29.3 Å². The van der Waals surface area contributed by atoms with Crippen molar-refractivity contribution in [1.29, 1.82) is 15.8 Å². The molecule has 3 N–H and O–H groups in total. The SMILES string of the molecule is CC(C#N)c1ccccc1-n1ccnc1.CC(C#N)c1ccccc1-n1ccnc1.CC(C#N)c1ccccc1-n1ccnc1.O=C(O)c1ccc(C(=O)O)c(C(=O)O)c1. The Morgan fingerprint density at radius 3 is 1.10 bits per heavy atom. The molecule has 0 fully saturated rings. The van der Waals surface area contributed by atoms with E-state index in [2.05, 4.69) is 33.2 Å². The molecule has 15 nitrogen and oxygen atoms in total. The third kappa shape index (κ3) is 11.5. The Labute approximate surface area is 345 Å². The summed E-state index contributed by atoms with van der Waals surface area (Å²) < 4.78 is 5.76. The van der Waals surface area contributed by atoms with Crippen LogP contribution in [0.15, 0.2) is 147 Å². The molecule has 300 valence electrons. The molecule has 3 atom stereocenters. The van der Waals surface area contributed by atoms with E-state index in [0.717, 1.165) is 52.0 Å². The van der Waals surface area contributed by atoms with Crippen LogP contribution in [-0.4, -0.2) is 61.9 Å². The highest BCUT2D eigenvalue weighted by atomic mass is 16.4. The predicted molar refractivity (Wildman–Crippen MR) is 220 cm³/mol. The van der Waals surface area contributed by atoms with Gasteiger partial charge in [-0.05, 0) is 73.9 Å². The Morgan fingerprint density at radius 2 is 0.833 bits per heavy atom. The Balaban J connectivity index is 0.000000176. The van der Waals surface area contributed by atoms with E-state index in [-0.39, 0.29) is 23.3 Å². The average molecular weight is 802 g/mol. The van der Waals surface area contributed by atoms with Crippen LogP contribution in [-0.2, 0) is 0 Å². The molecule has 0 radical (unpaired) electrons. The Morgan fingerprint density at radius 1 is 0.500 bits per heavy atom. The van der Waals surface area contributed by atoms with Crippen molar-refractivity contribution in [3.05, 3.63) is 181 Å². The minimum atomic E-state index is -1.48. The second-order valence-corrected chi connectivity index (χ2v) is 12.8. The van der Waals surface area contributed by atoms with Crippen LogP contribution < -0.4 is 0 Å². The first-order valence-corrected chi connectivity index (χ1v) is 18.2. The van der Waals surface area contributed by atoms with Gasteiger partial charge in [-0.1, -0.05) is 54.6 Å². The summed E-state index contributed by atoms with van der Waals surface area (Å²) >= 11 is 0. The molecular weight excluding hydrogens is 763 g/mol. The number of hydrogen-bond acceptors (Lipinski definition) is 9. The van der Waals surface area contributed by atoms with Crippen LogP contribution in [0.1, 0.15) is 86.3 Å². The van der Waals surface area contributed by atoms with Crippen molar-refractivity contribution in [2.75, 3.05) is 0 Å². The number of carboxylic acid groups (broad SMARTS) is 3. The zero-order valence-electron chi connectivity index (χ0n) is 32.7. The lowest BCUT2D eigenvalue weighted by Crippen LogP contribution is -2.10. The molecule has 0 saturated heterocycles. The molecule has 0 aliphatic rings. The third-order valence-electron chi connectivity index (χ3n) is 8.87. The maximum Gasteiger partial charge on any atom is 0.336 e. The molecule has 3 aromatic heterocycles. The first-order valence-electron chi connectivity index (χ1n) is 18.2. The molecule has 0 bridgehead atoms. The Kier molecular flexibility index (Phi) is 15.9. The molecular formula is C45H39N9O6. The molecule has 15 heteroatoms. The summed E-state index contributed by atoms with van der Waals surface area (Å²) in [5.41, 5.74) is 4.89.